The van der Waals surface area contributed by atoms with Crippen molar-refractivity contribution in [1.82, 2.24) is 5.32 Å². The smallest absolute Gasteiger partial charge is 0.0621 e. The molecule has 2 nitrogen and oxygen atoms in total. The maximum atomic E-state index is 8.44. The Kier molecular flexibility index (Phi) is 7.25. The number of nitriles is 1. The first-order valence-corrected chi connectivity index (χ1v) is 6.95. The van der Waals surface area contributed by atoms with Crippen LogP contribution in [-0.2, 0) is 0 Å². The number of nitrogens with zero attached hydrogens (tertiary/aromatic N) is 1. The van der Waals surface area contributed by atoms with E-state index in [1.165, 1.54) is 38.5 Å². The number of unbranched alkanes of at least 4 members (excludes halogenated alkanes) is 2. The zero-order valence-corrected chi connectivity index (χ0v) is 10.7. The fourth-order valence-corrected chi connectivity index (χ4v) is 2.64. The third-order valence-electron chi connectivity index (χ3n) is 3.79. The predicted molar refractivity (Wildman–Crippen MR) is 68.1 cm³/mol. The molecule has 1 atom stereocenters. The van der Waals surface area contributed by atoms with Crippen LogP contribution in [0.2, 0.25) is 0 Å². The Balaban J connectivity index is 2.08. The summed E-state index contributed by atoms with van der Waals surface area (Å²) in [6.07, 6.45) is 11.4. The molecule has 1 aliphatic rings. The summed E-state index contributed by atoms with van der Waals surface area (Å²) in [5.74, 6) is 0.887. The molecule has 0 amide bonds. The summed E-state index contributed by atoms with van der Waals surface area (Å²) in [7, 11) is 0. The van der Waals surface area contributed by atoms with E-state index in [4.69, 9.17) is 5.26 Å². The van der Waals surface area contributed by atoms with Crippen molar-refractivity contribution in [2.75, 3.05) is 6.54 Å². The van der Waals surface area contributed by atoms with Crippen LogP contribution in [0.25, 0.3) is 0 Å². The first-order valence-electron chi connectivity index (χ1n) is 6.95. The van der Waals surface area contributed by atoms with Crippen LogP contribution in [-0.4, -0.2) is 12.6 Å². The van der Waals surface area contributed by atoms with E-state index in [2.05, 4.69) is 18.3 Å². The second-order valence-corrected chi connectivity index (χ2v) is 5.11. The highest BCUT2D eigenvalue weighted by atomic mass is 14.9. The van der Waals surface area contributed by atoms with Gasteiger partial charge in [-0.05, 0) is 45.1 Å². The van der Waals surface area contributed by atoms with Gasteiger partial charge in [0.25, 0.3) is 0 Å². The summed E-state index contributed by atoms with van der Waals surface area (Å²) in [5.41, 5.74) is 0. The molecule has 1 rings (SSSR count). The van der Waals surface area contributed by atoms with E-state index in [-0.39, 0.29) is 0 Å². The van der Waals surface area contributed by atoms with E-state index in [9.17, 15) is 0 Å². The highest BCUT2D eigenvalue weighted by Crippen LogP contribution is 2.25. The van der Waals surface area contributed by atoms with E-state index in [0.29, 0.717) is 12.5 Å². The van der Waals surface area contributed by atoms with Gasteiger partial charge in [-0.25, -0.2) is 0 Å². The summed E-state index contributed by atoms with van der Waals surface area (Å²) in [5, 5.41) is 12.1. The average Bonchev–Trinajstić information content (AvgIpc) is 2.57. The van der Waals surface area contributed by atoms with Crippen molar-refractivity contribution in [3.8, 4) is 6.07 Å². The molecular weight excluding hydrogens is 196 g/mol. The normalized spacial score (nSPS) is 20.0. The van der Waals surface area contributed by atoms with Gasteiger partial charge in [0.15, 0.2) is 0 Å². The highest BCUT2D eigenvalue weighted by molar-refractivity contribution is 4.75. The Labute approximate surface area is 100 Å². The summed E-state index contributed by atoms with van der Waals surface area (Å²) in [4.78, 5) is 0. The summed E-state index contributed by atoms with van der Waals surface area (Å²) in [6, 6.07) is 2.87. The minimum Gasteiger partial charge on any atom is -0.314 e. The molecule has 1 fully saturated rings. The Bertz CT molecular complexity index is 199. The zero-order chi connectivity index (χ0) is 11.6. The van der Waals surface area contributed by atoms with Crippen LogP contribution < -0.4 is 5.32 Å². The van der Waals surface area contributed by atoms with Gasteiger partial charge in [-0.15, -0.1) is 0 Å². The first-order chi connectivity index (χ1) is 7.84. The molecule has 0 aliphatic heterocycles. The highest BCUT2D eigenvalue weighted by Gasteiger charge is 2.17. The van der Waals surface area contributed by atoms with Gasteiger partial charge >= 0.3 is 0 Å². The molecule has 1 aliphatic carbocycles. The van der Waals surface area contributed by atoms with Crippen molar-refractivity contribution in [3.05, 3.63) is 0 Å². The third kappa shape index (κ3) is 5.51. The van der Waals surface area contributed by atoms with Crippen molar-refractivity contribution in [2.45, 2.75) is 70.8 Å². The summed E-state index contributed by atoms with van der Waals surface area (Å²) >= 11 is 0. The van der Waals surface area contributed by atoms with Crippen LogP contribution in [0.5, 0.6) is 0 Å². The van der Waals surface area contributed by atoms with Gasteiger partial charge < -0.3 is 5.32 Å². The number of hydrogen-bond acceptors (Lipinski definition) is 2. The number of rotatable bonds is 6. The molecule has 0 aromatic rings. The average molecular weight is 222 g/mol. The molecule has 0 aromatic carbocycles. The predicted octanol–water partition coefficient (Wildman–Crippen LogP) is 3.63. The molecular formula is C14H26N2. The molecule has 0 bridgehead atoms. The van der Waals surface area contributed by atoms with Gasteiger partial charge in [0, 0.05) is 12.5 Å². The molecule has 0 spiro atoms. The molecule has 1 saturated carbocycles. The monoisotopic (exact) mass is 222 g/mol. The van der Waals surface area contributed by atoms with Crippen molar-refractivity contribution >= 4 is 0 Å². The van der Waals surface area contributed by atoms with Crippen molar-refractivity contribution in [3.63, 3.8) is 0 Å². The lowest BCUT2D eigenvalue weighted by molar-refractivity contribution is 0.336. The van der Waals surface area contributed by atoms with Crippen LogP contribution in [0.4, 0.5) is 0 Å². The summed E-state index contributed by atoms with van der Waals surface area (Å²) in [6.45, 7) is 3.42. The fraction of sp³-hybridized carbons (Fsp3) is 0.929. The Hall–Kier alpha value is -0.550. The molecule has 0 unspecified atom stereocenters. The lowest BCUT2D eigenvalue weighted by Gasteiger charge is -2.23. The quantitative estimate of drug-likeness (QED) is 0.550. The molecule has 16 heavy (non-hydrogen) atoms. The van der Waals surface area contributed by atoms with Crippen LogP contribution in [0, 0.1) is 17.2 Å². The van der Waals surface area contributed by atoms with E-state index >= 15 is 0 Å². The standard InChI is InChI=1S/C14H26N2/c1-13(16-12-8-4-7-11-15)14-9-5-2-3-6-10-14/h13-14,16H,2-10,12H2,1H3/t13-/m1/s1. The first kappa shape index (κ1) is 13.5. The topological polar surface area (TPSA) is 35.8 Å². The molecule has 1 N–H and O–H groups in total. The van der Waals surface area contributed by atoms with E-state index < -0.39 is 0 Å². The third-order valence-corrected chi connectivity index (χ3v) is 3.79. The fourth-order valence-electron chi connectivity index (χ4n) is 2.64. The zero-order valence-electron chi connectivity index (χ0n) is 10.7. The lowest BCUT2D eigenvalue weighted by atomic mass is 9.93. The van der Waals surface area contributed by atoms with Crippen LogP contribution in [0.1, 0.15) is 64.7 Å². The van der Waals surface area contributed by atoms with Gasteiger partial charge in [0.2, 0.25) is 0 Å². The van der Waals surface area contributed by atoms with E-state index in [1.807, 2.05) is 0 Å². The molecule has 0 radical (unpaired) electrons. The van der Waals surface area contributed by atoms with Crippen LogP contribution in [0.15, 0.2) is 0 Å². The maximum Gasteiger partial charge on any atom is 0.0621 e. The summed E-state index contributed by atoms with van der Waals surface area (Å²) < 4.78 is 0. The van der Waals surface area contributed by atoms with Gasteiger partial charge in [-0.2, -0.15) is 5.26 Å². The number of nitrogens with one attached hydrogen (secondary N) is 1. The Morgan fingerprint density at radius 3 is 2.50 bits per heavy atom. The van der Waals surface area contributed by atoms with Gasteiger partial charge in [0.1, 0.15) is 0 Å². The largest absolute Gasteiger partial charge is 0.314 e. The van der Waals surface area contributed by atoms with E-state index in [1.54, 1.807) is 0 Å². The van der Waals surface area contributed by atoms with E-state index in [0.717, 1.165) is 25.3 Å². The molecule has 0 saturated heterocycles. The van der Waals surface area contributed by atoms with Crippen LogP contribution >= 0.6 is 0 Å². The molecule has 0 heterocycles. The number of hydrogen-bond donors (Lipinski definition) is 1. The second kappa shape index (κ2) is 8.58. The minimum atomic E-state index is 0.667. The van der Waals surface area contributed by atoms with Gasteiger partial charge in [0.05, 0.1) is 6.07 Å². The maximum absolute atomic E-state index is 8.44. The molecule has 0 aromatic heterocycles. The Morgan fingerprint density at radius 1 is 1.19 bits per heavy atom. The Morgan fingerprint density at radius 2 is 1.88 bits per heavy atom. The SMILES string of the molecule is C[C@@H](NCCCCC#N)C1CCCCCC1. The van der Waals surface area contributed by atoms with Gasteiger partial charge in [-0.1, -0.05) is 25.7 Å². The molecule has 2 heteroatoms. The lowest BCUT2D eigenvalue weighted by Crippen LogP contribution is -2.34. The van der Waals surface area contributed by atoms with Crippen molar-refractivity contribution in [1.29, 1.82) is 5.26 Å². The van der Waals surface area contributed by atoms with Crippen molar-refractivity contribution < 1.29 is 0 Å². The van der Waals surface area contributed by atoms with Crippen LogP contribution in [0.3, 0.4) is 0 Å². The van der Waals surface area contributed by atoms with Crippen molar-refractivity contribution in [2.24, 2.45) is 5.92 Å². The molecule has 92 valence electrons. The second-order valence-electron chi connectivity index (χ2n) is 5.11. The van der Waals surface area contributed by atoms with Gasteiger partial charge in [-0.3, -0.25) is 0 Å². The minimum absolute atomic E-state index is 0.667.